The lowest BCUT2D eigenvalue weighted by Crippen LogP contribution is -2.31. The van der Waals surface area contributed by atoms with Crippen LogP contribution in [0, 0.1) is 0 Å². The summed E-state index contributed by atoms with van der Waals surface area (Å²) < 4.78 is 7.03. The fraction of sp³-hybridized carbons (Fsp3) is 0.200. The second kappa shape index (κ2) is 7.63. The molecule has 0 aliphatic heterocycles. The number of carbonyl (C=O) groups excluding carboxylic acids is 1. The van der Waals surface area contributed by atoms with Crippen LogP contribution in [-0.4, -0.2) is 38.1 Å². The van der Waals surface area contributed by atoms with Crippen molar-refractivity contribution >= 4 is 22.8 Å². The molecule has 3 heterocycles. The number of nitrogens with zero attached hydrogens (tertiary/aromatic N) is 4. The number of methoxy groups -OCH3 is 1. The van der Waals surface area contributed by atoms with E-state index < -0.39 is 0 Å². The van der Waals surface area contributed by atoms with Crippen LogP contribution >= 0.6 is 0 Å². The van der Waals surface area contributed by atoms with Gasteiger partial charge in [0.1, 0.15) is 17.2 Å². The van der Waals surface area contributed by atoms with E-state index in [4.69, 9.17) is 4.74 Å². The number of amides is 2. The number of aromatic nitrogens is 5. The third-order valence-electron chi connectivity index (χ3n) is 4.55. The van der Waals surface area contributed by atoms with E-state index in [0.717, 1.165) is 5.56 Å². The minimum atomic E-state index is -0.355. The van der Waals surface area contributed by atoms with Gasteiger partial charge in [0.15, 0.2) is 0 Å². The first-order valence-electron chi connectivity index (χ1n) is 9.10. The maximum atomic E-state index is 12.5. The van der Waals surface area contributed by atoms with Crippen LogP contribution in [0.2, 0.25) is 0 Å². The highest BCUT2D eigenvalue weighted by Gasteiger charge is 2.19. The van der Waals surface area contributed by atoms with Gasteiger partial charge >= 0.3 is 6.03 Å². The Hall–Kier alpha value is -3.88. The molecule has 2 amide bonds. The largest absolute Gasteiger partial charge is 0.479 e. The number of hydrogen-bond acceptors (Lipinski definition) is 5. The number of benzene rings is 1. The van der Waals surface area contributed by atoms with Crippen molar-refractivity contribution in [3.63, 3.8) is 0 Å². The summed E-state index contributed by atoms with van der Waals surface area (Å²) >= 11 is 0. The van der Waals surface area contributed by atoms with E-state index in [0.29, 0.717) is 34.0 Å². The third kappa shape index (κ3) is 3.75. The van der Waals surface area contributed by atoms with E-state index in [-0.39, 0.29) is 12.1 Å². The summed E-state index contributed by atoms with van der Waals surface area (Å²) in [6.45, 7) is 1.92. The summed E-state index contributed by atoms with van der Waals surface area (Å²) in [5.41, 5.74) is 2.92. The number of hydrogen-bond donors (Lipinski definition) is 3. The molecule has 4 rings (SSSR count). The van der Waals surface area contributed by atoms with Crippen molar-refractivity contribution in [2.45, 2.75) is 13.0 Å². The van der Waals surface area contributed by atoms with Crippen LogP contribution in [0.15, 0.2) is 48.7 Å². The van der Waals surface area contributed by atoms with Gasteiger partial charge in [-0.2, -0.15) is 5.10 Å². The van der Waals surface area contributed by atoms with Crippen molar-refractivity contribution in [3.8, 4) is 17.3 Å². The van der Waals surface area contributed by atoms with Crippen LogP contribution in [-0.2, 0) is 7.05 Å². The summed E-state index contributed by atoms with van der Waals surface area (Å²) in [5, 5.41) is 17.9. The number of pyridine rings is 1. The zero-order chi connectivity index (χ0) is 20.4. The predicted octanol–water partition coefficient (Wildman–Crippen LogP) is 3.25. The first kappa shape index (κ1) is 18.5. The van der Waals surface area contributed by atoms with Crippen LogP contribution < -0.4 is 15.4 Å². The molecule has 148 valence electrons. The topological polar surface area (TPSA) is 110 Å². The number of carbonyl (C=O) groups is 1. The molecule has 0 saturated heterocycles. The molecule has 3 aromatic heterocycles. The Morgan fingerprint density at radius 1 is 1.24 bits per heavy atom. The first-order valence-corrected chi connectivity index (χ1v) is 9.10. The highest BCUT2D eigenvalue weighted by Crippen LogP contribution is 2.33. The van der Waals surface area contributed by atoms with Crippen LogP contribution in [0.5, 0.6) is 5.88 Å². The van der Waals surface area contributed by atoms with Gasteiger partial charge < -0.3 is 10.1 Å². The Morgan fingerprint density at radius 2 is 2.03 bits per heavy atom. The van der Waals surface area contributed by atoms with Crippen molar-refractivity contribution in [2.24, 2.45) is 7.05 Å². The molecule has 0 bridgehead atoms. The molecule has 0 fully saturated rings. The van der Waals surface area contributed by atoms with Crippen molar-refractivity contribution in [2.75, 3.05) is 12.4 Å². The van der Waals surface area contributed by atoms with Crippen molar-refractivity contribution < 1.29 is 9.53 Å². The van der Waals surface area contributed by atoms with Crippen LogP contribution in [0.4, 0.5) is 10.6 Å². The van der Waals surface area contributed by atoms with E-state index in [2.05, 4.69) is 30.9 Å². The van der Waals surface area contributed by atoms with Gasteiger partial charge in [0.05, 0.1) is 24.1 Å². The molecule has 1 aromatic carbocycles. The van der Waals surface area contributed by atoms with Crippen molar-refractivity contribution in [1.29, 1.82) is 0 Å². The van der Waals surface area contributed by atoms with Gasteiger partial charge in [0, 0.05) is 19.3 Å². The quantitative estimate of drug-likeness (QED) is 0.484. The fourth-order valence-electron chi connectivity index (χ4n) is 3.13. The molecule has 0 saturated carbocycles. The summed E-state index contributed by atoms with van der Waals surface area (Å²) in [7, 11) is 3.37. The molecular formula is C20H21N7O2. The number of ether oxygens (including phenoxy) is 1. The van der Waals surface area contributed by atoms with Gasteiger partial charge in [-0.1, -0.05) is 30.3 Å². The van der Waals surface area contributed by atoms with Gasteiger partial charge in [0.2, 0.25) is 5.88 Å². The Morgan fingerprint density at radius 3 is 2.72 bits per heavy atom. The second-order valence-corrected chi connectivity index (χ2v) is 6.62. The molecule has 9 nitrogen and oxygen atoms in total. The lowest BCUT2D eigenvalue weighted by molar-refractivity contribution is 0.249. The minimum absolute atomic E-state index is 0.151. The fourth-order valence-corrected chi connectivity index (χ4v) is 3.13. The average molecular weight is 391 g/mol. The zero-order valence-electron chi connectivity index (χ0n) is 16.3. The smallest absolute Gasteiger partial charge is 0.320 e. The predicted molar refractivity (Wildman–Crippen MR) is 110 cm³/mol. The molecule has 0 aliphatic carbocycles. The van der Waals surface area contributed by atoms with E-state index in [1.54, 1.807) is 17.9 Å². The molecule has 1 atom stereocenters. The van der Waals surface area contributed by atoms with E-state index in [9.17, 15) is 4.79 Å². The molecule has 0 radical (unpaired) electrons. The Labute approximate surface area is 167 Å². The number of aromatic amines is 1. The molecule has 3 N–H and O–H groups in total. The number of urea groups is 1. The first-order chi connectivity index (χ1) is 14.0. The van der Waals surface area contributed by atoms with E-state index >= 15 is 0 Å². The molecule has 0 unspecified atom stereocenters. The maximum Gasteiger partial charge on any atom is 0.320 e. The molecule has 0 spiro atoms. The molecule has 4 aromatic rings. The van der Waals surface area contributed by atoms with Crippen LogP contribution in [0.3, 0.4) is 0 Å². The highest BCUT2D eigenvalue weighted by molar-refractivity contribution is 5.99. The van der Waals surface area contributed by atoms with Gasteiger partial charge in [-0.3, -0.25) is 15.1 Å². The maximum absolute atomic E-state index is 12.5. The number of fused-ring (bicyclic) bond motifs is 1. The van der Waals surface area contributed by atoms with Gasteiger partial charge in [-0.05, 0) is 18.6 Å². The third-order valence-corrected chi connectivity index (χ3v) is 4.55. The number of anilines is 1. The van der Waals surface area contributed by atoms with Crippen molar-refractivity contribution in [3.05, 3.63) is 54.2 Å². The van der Waals surface area contributed by atoms with Crippen LogP contribution in [0.1, 0.15) is 18.5 Å². The van der Waals surface area contributed by atoms with Crippen molar-refractivity contribution in [1.82, 2.24) is 30.3 Å². The molecular weight excluding hydrogens is 370 g/mol. The molecule has 0 aliphatic rings. The zero-order valence-corrected chi connectivity index (χ0v) is 16.3. The Kier molecular flexibility index (Phi) is 4.86. The monoisotopic (exact) mass is 391 g/mol. The van der Waals surface area contributed by atoms with Gasteiger partial charge in [-0.15, -0.1) is 5.10 Å². The Balaban J connectivity index is 1.63. The molecule has 9 heteroatoms. The lowest BCUT2D eigenvalue weighted by Gasteiger charge is -2.15. The number of aryl methyl sites for hydroxylation is 1. The SMILES string of the molecule is COc1n[nH]c2cc(NC(=O)N[C@H](C)c3ccccc3)nc(-c3ccn(C)n3)c12. The molecule has 29 heavy (non-hydrogen) atoms. The standard InChI is InChI=1S/C20H21N7O2/c1-12(13-7-5-4-6-8-13)21-20(28)23-16-11-15-17(19(29-3)25-24-15)18(22-16)14-9-10-27(2)26-14/h4-12H,1-3H3,(H,24,25)(H2,21,22,23,28)/t12-/m1/s1. The summed E-state index contributed by atoms with van der Waals surface area (Å²) in [5.74, 6) is 0.795. The number of H-pyrrole nitrogens is 1. The van der Waals surface area contributed by atoms with Gasteiger partial charge in [-0.25, -0.2) is 9.78 Å². The van der Waals surface area contributed by atoms with Crippen LogP contribution in [0.25, 0.3) is 22.3 Å². The minimum Gasteiger partial charge on any atom is -0.479 e. The van der Waals surface area contributed by atoms with E-state index in [1.165, 1.54) is 0 Å². The summed E-state index contributed by atoms with van der Waals surface area (Å²) in [6, 6.07) is 12.8. The lowest BCUT2D eigenvalue weighted by atomic mass is 10.1. The highest BCUT2D eigenvalue weighted by atomic mass is 16.5. The van der Waals surface area contributed by atoms with Gasteiger partial charge in [0.25, 0.3) is 0 Å². The summed E-state index contributed by atoms with van der Waals surface area (Å²) in [6.07, 6.45) is 1.82. The number of nitrogens with one attached hydrogen (secondary N) is 3. The normalized spacial score (nSPS) is 12.0. The van der Waals surface area contributed by atoms with E-state index in [1.807, 2.05) is 56.6 Å². The average Bonchev–Trinajstić information content (AvgIpc) is 3.34. The Bertz CT molecular complexity index is 1150. The second-order valence-electron chi connectivity index (χ2n) is 6.62. The summed E-state index contributed by atoms with van der Waals surface area (Å²) in [4.78, 5) is 17.1. The number of rotatable bonds is 5.